The fourth-order valence-corrected chi connectivity index (χ4v) is 4.88. The molecule has 1 saturated carbocycles. The Morgan fingerprint density at radius 2 is 1.90 bits per heavy atom. The zero-order valence-electron chi connectivity index (χ0n) is 17.4. The summed E-state index contributed by atoms with van der Waals surface area (Å²) < 4.78 is 1.64. The topological polar surface area (TPSA) is 95.7 Å². The lowest BCUT2D eigenvalue weighted by molar-refractivity contribution is 0.0791. The molecule has 7 heteroatoms. The largest absolute Gasteiger partial charge is 0.501 e. The quantitative estimate of drug-likeness (QED) is 0.809. The number of allylic oxidation sites excluding steroid dienone is 1. The molecule has 0 spiro atoms. The number of aromatic hydroxyl groups is 1. The van der Waals surface area contributed by atoms with Crippen LogP contribution in [0, 0.1) is 6.92 Å². The summed E-state index contributed by atoms with van der Waals surface area (Å²) in [4.78, 5) is 30.7. The van der Waals surface area contributed by atoms with Gasteiger partial charge < -0.3 is 19.7 Å². The Hall–Kier alpha value is -2.93. The maximum atomic E-state index is 12.8. The third-order valence-electron chi connectivity index (χ3n) is 6.55. The van der Waals surface area contributed by atoms with Gasteiger partial charge in [-0.1, -0.05) is 43.2 Å². The van der Waals surface area contributed by atoms with Crippen LogP contribution < -0.4 is 5.56 Å². The number of nitrogens with zero attached hydrogens (tertiary/aromatic N) is 3. The molecule has 0 radical (unpaired) electrons. The van der Waals surface area contributed by atoms with Crippen LogP contribution in [0.15, 0.2) is 35.3 Å². The van der Waals surface area contributed by atoms with Gasteiger partial charge in [0.05, 0.1) is 13.2 Å². The molecule has 0 atom stereocenters. The third kappa shape index (κ3) is 3.23. The van der Waals surface area contributed by atoms with Gasteiger partial charge in [0.15, 0.2) is 5.69 Å². The molecule has 1 aromatic heterocycles. The van der Waals surface area contributed by atoms with Crippen LogP contribution in [0.2, 0.25) is 0 Å². The Morgan fingerprint density at radius 1 is 1.20 bits per heavy atom. The first kappa shape index (κ1) is 20.3. The second kappa shape index (κ2) is 7.40. The number of hydrogen-bond donors (Lipinski definition) is 2. The Labute approximate surface area is 175 Å². The number of carbonyl (C=O) groups excluding carboxylic acids is 1. The van der Waals surface area contributed by atoms with Gasteiger partial charge in [0, 0.05) is 24.6 Å². The van der Waals surface area contributed by atoms with Crippen LogP contribution in [0.3, 0.4) is 0 Å². The lowest BCUT2D eigenvalue weighted by Crippen LogP contribution is -2.40. The number of hydrogen-bond acceptors (Lipinski definition) is 5. The molecule has 0 unspecified atom stereocenters. The summed E-state index contributed by atoms with van der Waals surface area (Å²) in [6.07, 6.45) is 4.47. The molecule has 2 aliphatic rings. The van der Waals surface area contributed by atoms with E-state index >= 15 is 0 Å². The van der Waals surface area contributed by atoms with E-state index in [0.29, 0.717) is 24.5 Å². The van der Waals surface area contributed by atoms with E-state index < -0.39 is 17.2 Å². The van der Waals surface area contributed by atoms with Crippen LogP contribution in [0.4, 0.5) is 0 Å². The monoisotopic (exact) mass is 409 g/mol. The summed E-state index contributed by atoms with van der Waals surface area (Å²) in [5.41, 5.74) is 2.61. The van der Waals surface area contributed by atoms with Crippen LogP contribution in [-0.4, -0.2) is 37.6 Å². The molecule has 7 nitrogen and oxygen atoms in total. The molecule has 1 aliphatic heterocycles. The Balaban J connectivity index is 1.86. The zero-order valence-corrected chi connectivity index (χ0v) is 17.4. The number of rotatable bonds is 4. The van der Waals surface area contributed by atoms with Gasteiger partial charge in [-0.05, 0) is 30.9 Å². The summed E-state index contributed by atoms with van der Waals surface area (Å²) in [7, 11) is 1.58. The number of carbonyl (C=O) groups is 1. The molecule has 2 aromatic rings. The second-order valence-corrected chi connectivity index (χ2v) is 8.58. The van der Waals surface area contributed by atoms with E-state index in [1.54, 1.807) is 11.6 Å². The van der Waals surface area contributed by atoms with Gasteiger partial charge >= 0.3 is 5.56 Å². The number of aliphatic hydroxyl groups excluding tert-OH is 1. The lowest BCUT2D eigenvalue weighted by atomic mass is 9.75. The SMILES string of the molecule is C=C1Cn2c(CC3(c4cc(C)cc(CO)c4)CCCC3)nc(=O)c(O)c2C(=O)N1C. The number of aryl methyl sites for hydroxylation is 1. The predicted molar refractivity (Wildman–Crippen MR) is 112 cm³/mol. The standard InChI is InChI=1S/C23H27N3O4/c1-14-8-16(13-27)10-17(9-14)23(6-4-5-7-23)11-18-24-21(29)20(28)19-22(30)25(3)15(2)12-26(18)19/h8-10,27-28H,2,4-7,11-13H2,1,3H3. The molecule has 4 rings (SSSR count). The van der Waals surface area contributed by atoms with E-state index in [1.165, 1.54) is 4.90 Å². The van der Waals surface area contributed by atoms with Crippen molar-refractivity contribution in [2.45, 2.75) is 57.6 Å². The predicted octanol–water partition coefficient (Wildman–Crippen LogP) is 2.40. The van der Waals surface area contributed by atoms with E-state index in [9.17, 15) is 19.8 Å². The normalized spacial score (nSPS) is 18.0. The average molecular weight is 409 g/mol. The molecule has 1 aliphatic carbocycles. The molecule has 0 saturated heterocycles. The molecule has 0 bridgehead atoms. The van der Waals surface area contributed by atoms with E-state index in [0.717, 1.165) is 42.4 Å². The molecule has 1 fully saturated rings. The Kier molecular flexibility index (Phi) is 5.02. The van der Waals surface area contributed by atoms with Gasteiger partial charge in [-0.3, -0.25) is 9.59 Å². The summed E-state index contributed by atoms with van der Waals surface area (Å²) in [6.45, 7) is 6.22. The van der Waals surface area contributed by atoms with Crippen molar-refractivity contribution < 1.29 is 15.0 Å². The number of amides is 1. The van der Waals surface area contributed by atoms with E-state index in [1.807, 2.05) is 19.1 Å². The number of aromatic nitrogens is 2. The van der Waals surface area contributed by atoms with E-state index in [4.69, 9.17) is 0 Å². The highest BCUT2D eigenvalue weighted by Gasteiger charge is 2.39. The minimum absolute atomic E-state index is 0.0201. The average Bonchev–Trinajstić information content (AvgIpc) is 3.19. The maximum absolute atomic E-state index is 12.8. The van der Waals surface area contributed by atoms with Crippen molar-refractivity contribution in [1.82, 2.24) is 14.5 Å². The summed E-state index contributed by atoms with van der Waals surface area (Å²) >= 11 is 0. The number of fused-ring (bicyclic) bond motifs is 1. The first-order valence-corrected chi connectivity index (χ1v) is 10.3. The molecule has 158 valence electrons. The van der Waals surface area contributed by atoms with Crippen molar-refractivity contribution in [3.8, 4) is 5.75 Å². The molecular weight excluding hydrogens is 382 g/mol. The Bertz CT molecular complexity index is 1100. The zero-order chi connectivity index (χ0) is 21.6. The van der Waals surface area contributed by atoms with Gasteiger partial charge in [-0.2, -0.15) is 4.98 Å². The second-order valence-electron chi connectivity index (χ2n) is 8.58. The van der Waals surface area contributed by atoms with Crippen molar-refractivity contribution >= 4 is 5.91 Å². The maximum Gasteiger partial charge on any atom is 0.315 e. The number of likely N-dealkylation sites (N-methyl/N-ethyl adjacent to an activating group) is 1. The minimum Gasteiger partial charge on any atom is -0.501 e. The van der Waals surface area contributed by atoms with Crippen molar-refractivity contribution in [3.05, 3.63) is 69.0 Å². The van der Waals surface area contributed by atoms with Crippen LogP contribution in [-0.2, 0) is 25.0 Å². The van der Waals surface area contributed by atoms with Crippen molar-refractivity contribution in [2.75, 3.05) is 7.05 Å². The van der Waals surface area contributed by atoms with Crippen molar-refractivity contribution in [3.63, 3.8) is 0 Å². The van der Waals surface area contributed by atoms with E-state index in [2.05, 4.69) is 17.6 Å². The van der Waals surface area contributed by atoms with Crippen LogP contribution in [0.5, 0.6) is 5.75 Å². The highest BCUT2D eigenvalue weighted by Crippen LogP contribution is 2.44. The molecule has 2 heterocycles. The molecule has 1 aromatic carbocycles. The fraction of sp³-hybridized carbons (Fsp3) is 0.435. The van der Waals surface area contributed by atoms with Crippen LogP contribution in [0.1, 0.15) is 58.7 Å². The number of aliphatic hydroxyl groups is 1. The first-order chi connectivity index (χ1) is 14.3. The molecular formula is C23H27N3O4. The minimum atomic E-state index is -0.779. The first-order valence-electron chi connectivity index (χ1n) is 10.3. The molecule has 2 N–H and O–H groups in total. The molecule has 1 amide bonds. The molecule has 30 heavy (non-hydrogen) atoms. The smallest absolute Gasteiger partial charge is 0.315 e. The van der Waals surface area contributed by atoms with Crippen LogP contribution >= 0.6 is 0 Å². The summed E-state index contributed by atoms with van der Waals surface area (Å²) in [5.74, 6) is -0.575. The summed E-state index contributed by atoms with van der Waals surface area (Å²) in [5, 5.41) is 20.0. The highest BCUT2D eigenvalue weighted by molar-refractivity contribution is 5.96. The van der Waals surface area contributed by atoms with E-state index in [-0.39, 0.29) is 17.7 Å². The van der Waals surface area contributed by atoms with Gasteiger partial charge in [0.1, 0.15) is 5.82 Å². The highest BCUT2D eigenvalue weighted by atomic mass is 16.3. The summed E-state index contributed by atoms with van der Waals surface area (Å²) in [6, 6.07) is 6.14. The Morgan fingerprint density at radius 3 is 2.57 bits per heavy atom. The van der Waals surface area contributed by atoms with Gasteiger partial charge in [0.25, 0.3) is 5.91 Å². The van der Waals surface area contributed by atoms with Crippen molar-refractivity contribution in [2.24, 2.45) is 0 Å². The number of benzene rings is 1. The van der Waals surface area contributed by atoms with Gasteiger partial charge in [-0.25, -0.2) is 0 Å². The van der Waals surface area contributed by atoms with Gasteiger partial charge in [-0.15, -0.1) is 0 Å². The van der Waals surface area contributed by atoms with Crippen LogP contribution in [0.25, 0.3) is 0 Å². The fourth-order valence-electron chi connectivity index (χ4n) is 4.88. The van der Waals surface area contributed by atoms with Gasteiger partial charge in [0.2, 0.25) is 5.75 Å². The lowest BCUT2D eigenvalue weighted by Gasteiger charge is -2.34. The van der Waals surface area contributed by atoms with Crippen molar-refractivity contribution in [1.29, 1.82) is 0 Å². The third-order valence-corrected chi connectivity index (χ3v) is 6.55.